The van der Waals surface area contributed by atoms with Crippen molar-refractivity contribution in [3.05, 3.63) is 114 Å². The monoisotopic (exact) mass is 804 g/mol. The number of carbonyl (C=O) groups excluding carboxylic acids is 5. The zero-order chi connectivity index (χ0) is 40.4. The van der Waals surface area contributed by atoms with Gasteiger partial charge in [-0.25, -0.2) is 14.8 Å². The highest BCUT2D eigenvalue weighted by atomic mass is 32.2. The molecule has 6 rings (SSSR count). The second-order valence-electron chi connectivity index (χ2n) is 13.7. The molecule has 13 nitrogen and oxygen atoms in total. The van der Waals surface area contributed by atoms with Crippen molar-refractivity contribution in [2.24, 2.45) is 5.92 Å². The van der Waals surface area contributed by atoms with Gasteiger partial charge in [-0.15, -0.1) is 23.5 Å². The Morgan fingerprint density at radius 1 is 1.04 bits per heavy atom. The van der Waals surface area contributed by atoms with Crippen molar-refractivity contribution >= 4 is 53.3 Å². The highest BCUT2D eigenvalue weighted by Gasteiger charge is 2.51. The van der Waals surface area contributed by atoms with Crippen LogP contribution in [0.2, 0.25) is 0 Å². The van der Waals surface area contributed by atoms with Crippen LogP contribution in [0.15, 0.2) is 108 Å². The number of rotatable bonds is 13. The number of fused-ring (bicyclic) bond motifs is 1. The predicted octanol–water partition coefficient (Wildman–Crippen LogP) is 6.66. The highest BCUT2D eigenvalue weighted by molar-refractivity contribution is 8.00. The van der Waals surface area contributed by atoms with Crippen LogP contribution in [-0.4, -0.2) is 111 Å². The third-order valence-electron chi connectivity index (χ3n) is 9.69. The molecule has 0 radical (unpaired) electrons. The summed E-state index contributed by atoms with van der Waals surface area (Å²) in [5, 5.41) is 9.49. The van der Waals surface area contributed by atoms with Gasteiger partial charge in [0.15, 0.2) is 0 Å². The van der Waals surface area contributed by atoms with Crippen molar-refractivity contribution in [2.75, 3.05) is 44.9 Å². The number of likely N-dealkylation sites (tertiary alicyclic amines) is 2. The van der Waals surface area contributed by atoms with Crippen LogP contribution in [-0.2, 0) is 35.3 Å². The standard InChI is InChI=1S/C32H38N4O8S.C9H10OS/c1-5-13-42-31(39)33(4)17-21-7-9-22(10-8-21)26-16-25(18-35(26)32(40)43-14-6-2)34-12-11-23(28(34)38)15-24-19-45-30-20(3)27(37)36(30)29(24)44-41;1-8(10)7-11-9-5-3-2-4-6-9/h5-10,15,20,25-26,30,41H,1-2,11-14,16-19H2,3-4H3;2-6H,7H2,1H3/b23-15+;/t20?,25?,26-,30?;/m1./s1. The van der Waals surface area contributed by atoms with Gasteiger partial charge in [-0.3, -0.25) is 24.2 Å². The van der Waals surface area contributed by atoms with Crippen molar-refractivity contribution in [3.8, 4) is 0 Å². The molecule has 2 aromatic rings. The second-order valence-corrected chi connectivity index (χ2v) is 15.9. The number of amides is 4. The summed E-state index contributed by atoms with van der Waals surface area (Å²) in [5.74, 6) is 0.948. The Balaban J connectivity index is 0.000000470. The average molecular weight is 805 g/mol. The molecule has 3 saturated heterocycles. The first-order valence-electron chi connectivity index (χ1n) is 18.3. The number of β-lactam (4-membered cyclic amide) rings is 1. The fourth-order valence-electron chi connectivity index (χ4n) is 6.86. The number of allylic oxidation sites excluding steroid dienone is 1. The van der Waals surface area contributed by atoms with Gasteiger partial charge in [-0.2, -0.15) is 0 Å². The first-order valence-corrected chi connectivity index (χ1v) is 20.3. The van der Waals surface area contributed by atoms with Gasteiger partial charge in [0.05, 0.1) is 29.1 Å². The molecule has 4 amide bonds. The number of carbonyl (C=O) groups is 5. The van der Waals surface area contributed by atoms with Crippen molar-refractivity contribution in [3.63, 3.8) is 0 Å². The highest BCUT2D eigenvalue weighted by Crippen LogP contribution is 2.44. The number of Topliss-reactive ketones (excluding diaryl/α,β-unsaturated/α-hetero) is 1. The lowest BCUT2D eigenvalue weighted by Gasteiger charge is -2.47. The molecule has 3 unspecified atom stereocenters. The van der Waals surface area contributed by atoms with Crippen molar-refractivity contribution in [2.45, 2.75) is 55.6 Å². The zero-order valence-electron chi connectivity index (χ0n) is 31.8. The third-order valence-corrected chi connectivity index (χ3v) is 12.3. The Morgan fingerprint density at radius 2 is 1.73 bits per heavy atom. The van der Waals surface area contributed by atoms with E-state index in [0.29, 0.717) is 55.1 Å². The minimum Gasteiger partial charge on any atom is -0.445 e. The molecule has 0 aliphatic carbocycles. The quantitative estimate of drug-likeness (QED) is 0.0580. The fourth-order valence-corrected chi connectivity index (χ4v) is 8.89. The largest absolute Gasteiger partial charge is 0.445 e. The molecular weight excluding hydrogens is 757 g/mol. The lowest BCUT2D eigenvalue weighted by molar-refractivity contribution is -0.233. The van der Waals surface area contributed by atoms with Gasteiger partial charge >= 0.3 is 12.2 Å². The Hall–Kier alpha value is -4.99. The molecule has 298 valence electrons. The lowest BCUT2D eigenvalue weighted by Crippen LogP contribution is -2.59. The molecule has 2 aromatic carbocycles. The number of thioether (sulfide) groups is 2. The van der Waals surface area contributed by atoms with E-state index in [9.17, 15) is 29.2 Å². The van der Waals surface area contributed by atoms with Gasteiger partial charge in [0.25, 0.3) is 0 Å². The van der Waals surface area contributed by atoms with Gasteiger partial charge < -0.3 is 24.2 Å². The number of hydrogen-bond acceptors (Lipinski definition) is 11. The van der Waals surface area contributed by atoms with Crippen LogP contribution in [0.3, 0.4) is 0 Å². The fraction of sp³-hybridized carbons (Fsp3) is 0.390. The molecule has 56 heavy (non-hydrogen) atoms. The van der Waals surface area contributed by atoms with E-state index in [0.717, 1.165) is 16.0 Å². The Kier molecular flexibility index (Phi) is 14.9. The van der Waals surface area contributed by atoms with Crippen LogP contribution in [0, 0.1) is 5.92 Å². The van der Waals surface area contributed by atoms with Crippen molar-refractivity contribution in [1.29, 1.82) is 0 Å². The molecule has 4 aliphatic rings. The predicted molar refractivity (Wildman–Crippen MR) is 214 cm³/mol. The number of nitrogens with zero attached hydrogens (tertiary/aromatic N) is 4. The van der Waals surface area contributed by atoms with Gasteiger partial charge in [-0.05, 0) is 49.1 Å². The van der Waals surface area contributed by atoms with E-state index in [1.807, 2.05) is 61.5 Å². The number of ketones is 1. The first kappa shape index (κ1) is 42.2. The Bertz CT molecular complexity index is 1850. The summed E-state index contributed by atoms with van der Waals surface area (Å²) >= 11 is 3.15. The van der Waals surface area contributed by atoms with Crippen LogP contribution in [0.1, 0.15) is 43.9 Å². The summed E-state index contributed by atoms with van der Waals surface area (Å²) in [4.78, 5) is 74.0. The molecule has 15 heteroatoms. The Labute approximate surface area is 335 Å². The van der Waals surface area contributed by atoms with Crippen LogP contribution in [0.4, 0.5) is 9.59 Å². The number of ether oxygens (including phenoxy) is 2. The topological polar surface area (TPSA) is 146 Å². The summed E-state index contributed by atoms with van der Waals surface area (Å²) in [6.45, 7) is 11.9. The van der Waals surface area contributed by atoms with Crippen LogP contribution < -0.4 is 0 Å². The maximum Gasteiger partial charge on any atom is 0.410 e. The lowest BCUT2D eigenvalue weighted by atomic mass is 10.00. The normalized spacial score (nSPS) is 22.1. The molecule has 4 heterocycles. The van der Waals surface area contributed by atoms with E-state index in [-0.39, 0.29) is 60.1 Å². The molecule has 0 saturated carbocycles. The van der Waals surface area contributed by atoms with Gasteiger partial charge in [-0.1, -0.05) is 74.7 Å². The van der Waals surface area contributed by atoms with Crippen LogP contribution in [0.5, 0.6) is 0 Å². The van der Waals surface area contributed by atoms with E-state index < -0.39 is 12.2 Å². The maximum absolute atomic E-state index is 13.6. The van der Waals surface area contributed by atoms with Crippen LogP contribution >= 0.6 is 23.5 Å². The smallest absolute Gasteiger partial charge is 0.410 e. The van der Waals surface area contributed by atoms with E-state index in [4.69, 9.17) is 9.47 Å². The summed E-state index contributed by atoms with van der Waals surface area (Å²) in [7, 11) is 1.65. The van der Waals surface area contributed by atoms with E-state index in [1.54, 1.807) is 53.4 Å². The SMILES string of the molecule is C=CCOC(=O)N(C)Cc1ccc([C@H]2CC(N3CC/C(=C\C4=C(OO)N5C(=O)C(C)C5SC4)C3=O)CN2C(=O)OCC=C)cc1.CC(=O)CSc1ccccc1. The van der Waals surface area contributed by atoms with Gasteiger partial charge in [0.2, 0.25) is 17.7 Å². The third kappa shape index (κ3) is 10.1. The van der Waals surface area contributed by atoms with E-state index in [2.05, 4.69) is 18.0 Å². The van der Waals surface area contributed by atoms with E-state index in [1.165, 1.54) is 22.0 Å². The van der Waals surface area contributed by atoms with E-state index >= 15 is 0 Å². The van der Waals surface area contributed by atoms with Crippen molar-refractivity contribution < 1.29 is 43.6 Å². The molecule has 1 N–H and O–H groups in total. The first-order chi connectivity index (χ1) is 27.0. The average Bonchev–Trinajstić information content (AvgIpc) is 3.81. The summed E-state index contributed by atoms with van der Waals surface area (Å²) in [5.41, 5.74) is 2.92. The summed E-state index contributed by atoms with van der Waals surface area (Å²) in [6, 6.07) is 17.0. The van der Waals surface area contributed by atoms with Gasteiger partial charge in [0, 0.05) is 48.5 Å². The molecule has 3 fully saturated rings. The summed E-state index contributed by atoms with van der Waals surface area (Å²) < 4.78 is 10.5. The van der Waals surface area contributed by atoms with Crippen LogP contribution in [0.25, 0.3) is 0 Å². The van der Waals surface area contributed by atoms with Gasteiger partial charge in [0.1, 0.15) is 19.0 Å². The minimum atomic E-state index is -0.490. The maximum atomic E-state index is 13.6. The Morgan fingerprint density at radius 3 is 2.39 bits per heavy atom. The number of benzene rings is 2. The molecule has 0 aromatic heterocycles. The second kappa shape index (κ2) is 19.7. The minimum absolute atomic E-state index is 0.0665. The summed E-state index contributed by atoms with van der Waals surface area (Å²) in [6.07, 6.45) is 4.79. The molecule has 0 spiro atoms. The zero-order valence-corrected chi connectivity index (χ0v) is 33.5. The molecule has 4 aliphatic heterocycles. The molecular formula is C41H48N4O9S2. The number of hydrogen-bond donors (Lipinski definition) is 1. The van der Waals surface area contributed by atoms with Crippen molar-refractivity contribution in [1.82, 2.24) is 19.6 Å². The molecule has 4 atom stereocenters. The molecule has 0 bridgehead atoms.